The molecule has 0 unspecified atom stereocenters. The number of carbonyl (C=O) groups excluding carboxylic acids is 1. The number of carbonyl (C=O) groups is 1. The third kappa shape index (κ3) is 4.39. The molecule has 1 N–H and O–H groups in total. The van der Waals surface area contributed by atoms with Crippen LogP contribution >= 0.6 is 0 Å². The van der Waals surface area contributed by atoms with Crippen molar-refractivity contribution >= 4 is 5.78 Å². The SMILES string of the molecule is O=C(CNCC(F)(F)F)c1cccc(F)c1. The summed E-state index contributed by atoms with van der Waals surface area (Å²) in [6.07, 6.45) is -4.36. The molecule has 0 heterocycles. The van der Waals surface area contributed by atoms with Gasteiger partial charge in [-0.2, -0.15) is 13.2 Å². The summed E-state index contributed by atoms with van der Waals surface area (Å²) in [5.41, 5.74) is 0.0506. The molecule has 2 nitrogen and oxygen atoms in total. The second kappa shape index (κ2) is 5.07. The van der Waals surface area contributed by atoms with Gasteiger partial charge in [-0.05, 0) is 12.1 Å². The molecule has 88 valence electrons. The van der Waals surface area contributed by atoms with Crippen LogP contribution in [0, 0.1) is 5.82 Å². The molecule has 0 fully saturated rings. The van der Waals surface area contributed by atoms with Gasteiger partial charge in [0.2, 0.25) is 0 Å². The maximum Gasteiger partial charge on any atom is 0.401 e. The summed E-state index contributed by atoms with van der Waals surface area (Å²) in [6, 6.07) is 4.81. The largest absolute Gasteiger partial charge is 0.401 e. The molecular weight excluding hydrogens is 226 g/mol. The van der Waals surface area contributed by atoms with Crippen LogP contribution < -0.4 is 5.32 Å². The smallest absolute Gasteiger partial charge is 0.302 e. The Kier molecular flexibility index (Phi) is 4.00. The fourth-order valence-corrected chi connectivity index (χ4v) is 1.08. The van der Waals surface area contributed by atoms with E-state index in [0.29, 0.717) is 0 Å². The summed E-state index contributed by atoms with van der Waals surface area (Å²) in [6.45, 7) is -1.71. The standard InChI is InChI=1S/C10H9F4NO/c11-8-3-1-2-7(4-8)9(16)5-15-6-10(12,13)14/h1-4,15H,5-6H2. The molecular formula is C10H9F4NO. The number of hydrogen-bond acceptors (Lipinski definition) is 2. The minimum Gasteiger partial charge on any atom is -0.302 e. The molecule has 0 saturated carbocycles. The molecule has 1 aromatic rings. The molecule has 0 amide bonds. The molecule has 0 aromatic heterocycles. The Bertz CT molecular complexity index is 375. The summed E-state index contributed by atoms with van der Waals surface area (Å²) in [5.74, 6) is -1.18. The molecule has 6 heteroatoms. The quantitative estimate of drug-likeness (QED) is 0.640. The summed E-state index contributed by atoms with van der Waals surface area (Å²) < 4.78 is 47.9. The highest BCUT2D eigenvalue weighted by atomic mass is 19.4. The van der Waals surface area contributed by atoms with Crippen LogP contribution in [0.3, 0.4) is 0 Å². The Morgan fingerprint density at radius 3 is 2.56 bits per heavy atom. The van der Waals surface area contributed by atoms with Crippen LogP contribution in [0.25, 0.3) is 0 Å². The van der Waals surface area contributed by atoms with Crippen molar-refractivity contribution in [1.82, 2.24) is 5.32 Å². The van der Waals surface area contributed by atoms with Gasteiger partial charge in [0.05, 0.1) is 13.1 Å². The van der Waals surface area contributed by atoms with E-state index in [9.17, 15) is 22.4 Å². The number of nitrogens with one attached hydrogen (secondary N) is 1. The Morgan fingerprint density at radius 2 is 2.00 bits per heavy atom. The van der Waals surface area contributed by atoms with Gasteiger partial charge in [-0.15, -0.1) is 0 Å². The Morgan fingerprint density at radius 1 is 1.31 bits per heavy atom. The summed E-state index contributed by atoms with van der Waals surface area (Å²) in [7, 11) is 0. The molecule has 0 aliphatic rings. The van der Waals surface area contributed by atoms with Gasteiger partial charge < -0.3 is 5.32 Å². The van der Waals surface area contributed by atoms with Gasteiger partial charge in [-0.25, -0.2) is 4.39 Å². The molecule has 0 aliphatic carbocycles. The van der Waals surface area contributed by atoms with Crippen LogP contribution in [0.4, 0.5) is 17.6 Å². The minimum atomic E-state index is -4.36. The zero-order valence-corrected chi connectivity index (χ0v) is 8.14. The zero-order valence-electron chi connectivity index (χ0n) is 8.14. The average molecular weight is 235 g/mol. The van der Waals surface area contributed by atoms with Gasteiger partial charge in [0.25, 0.3) is 0 Å². The van der Waals surface area contributed by atoms with E-state index in [1.54, 1.807) is 0 Å². The molecule has 0 radical (unpaired) electrons. The van der Waals surface area contributed by atoms with Gasteiger partial charge in [-0.3, -0.25) is 4.79 Å². The number of alkyl halides is 3. The van der Waals surface area contributed by atoms with E-state index in [1.165, 1.54) is 12.1 Å². The Labute approximate surface area is 89.3 Å². The van der Waals surface area contributed by atoms with Crippen molar-refractivity contribution in [3.63, 3.8) is 0 Å². The predicted molar refractivity (Wildman–Crippen MR) is 49.7 cm³/mol. The van der Waals surface area contributed by atoms with Crippen LogP contribution in [0.15, 0.2) is 24.3 Å². The lowest BCUT2D eigenvalue weighted by Crippen LogP contribution is -2.32. The number of hydrogen-bond donors (Lipinski definition) is 1. The van der Waals surface area contributed by atoms with E-state index in [2.05, 4.69) is 0 Å². The first-order valence-corrected chi connectivity index (χ1v) is 4.45. The molecule has 1 rings (SSSR count). The maximum atomic E-state index is 12.7. The van der Waals surface area contributed by atoms with Crippen LogP contribution in [0.2, 0.25) is 0 Å². The molecule has 1 aromatic carbocycles. The van der Waals surface area contributed by atoms with Crippen LogP contribution in [0.5, 0.6) is 0 Å². The summed E-state index contributed by atoms with van der Waals surface area (Å²) >= 11 is 0. The average Bonchev–Trinajstić information content (AvgIpc) is 2.15. The molecule has 0 atom stereocenters. The van der Waals surface area contributed by atoms with Gasteiger partial charge in [0.1, 0.15) is 5.82 Å². The first kappa shape index (κ1) is 12.6. The van der Waals surface area contributed by atoms with Crippen LogP contribution in [0.1, 0.15) is 10.4 Å². The highest BCUT2D eigenvalue weighted by Crippen LogP contribution is 2.12. The lowest BCUT2D eigenvalue weighted by Gasteiger charge is -2.07. The monoisotopic (exact) mass is 235 g/mol. The van der Waals surface area contributed by atoms with Gasteiger partial charge >= 0.3 is 6.18 Å². The van der Waals surface area contributed by atoms with Crippen molar-refractivity contribution in [3.8, 4) is 0 Å². The number of halogens is 4. The van der Waals surface area contributed by atoms with Crippen molar-refractivity contribution in [3.05, 3.63) is 35.6 Å². The summed E-state index contributed by atoms with van der Waals surface area (Å²) in [4.78, 5) is 11.3. The zero-order chi connectivity index (χ0) is 12.2. The fourth-order valence-electron chi connectivity index (χ4n) is 1.08. The van der Waals surface area contributed by atoms with E-state index >= 15 is 0 Å². The molecule has 0 saturated heterocycles. The van der Waals surface area contributed by atoms with E-state index in [0.717, 1.165) is 12.1 Å². The fraction of sp³-hybridized carbons (Fsp3) is 0.300. The van der Waals surface area contributed by atoms with E-state index in [1.807, 2.05) is 5.32 Å². The normalized spacial score (nSPS) is 11.5. The third-order valence-electron chi connectivity index (χ3n) is 1.76. The topological polar surface area (TPSA) is 29.1 Å². The van der Waals surface area contributed by atoms with Gasteiger partial charge in [0.15, 0.2) is 5.78 Å². The number of rotatable bonds is 4. The van der Waals surface area contributed by atoms with E-state index in [-0.39, 0.29) is 5.56 Å². The van der Waals surface area contributed by atoms with E-state index < -0.39 is 30.9 Å². The Hall–Kier alpha value is -1.43. The van der Waals surface area contributed by atoms with Crippen molar-refractivity contribution in [2.45, 2.75) is 6.18 Å². The number of benzene rings is 1. The van der Waals surface area contributed by atoms with Gasteiger partial charge in [0, 0.05) is 5.56 Å². The van der Waals surface area contributed by atoms with Crippen LogP contribution in [-0.4, -0.2) is 25.0 Å². The minimum absolute atomic E-state index is 0.0506. The first-order valence-electron chi connectivity index (χ1n) is 4.45. The number of ketones is 1. The van der Waals surface area contributed by atoms with E-state index in [4.69, 9.17) is 0 Å². The van der Waals surface area contributed by atoms with Crippen molar-refractivity contribution in [1.29, 1.82) is 0 Å². The second-order valence-electron chi connectivity index (χ2n) is 3.15. The molecule has 0 bridgehead atoms. The van der Waals surface area contributed by atoms with Crippen molar-refractivity contribution in [2.24, 2.45) is 0 Å². The lowest BCUT2D eigenvalue weighted by atomic mass is 10.1. The highest BCUT2D eigenvalue weighted by Gasteiger charge is 2.26. The molecule has 0 spiro atoms. The second-order valence-corrected chi connectivity index (χ2v) is 3.15. The predicted octanol–water partition coefficient (Wildman–Crippen LogP) is 2.16. The molecule has 0 aliphatic heterocycles. The maximum absolute atomic E-state index is 12.7. The van der Waals surface area contributed by atoms with Crippen molar-refractivity contribution < 1.29 is 22.4 Å². The number of Topliss-reactive ketones (excluding diaryl/α,β-unsaturated/α-hetero) is 1. The first-order chi connectivity index (χ1) is 7.38. The van der Waals surface area contributed by atoms with Crippen molar-refractivity contribution in [2.75, 3.05) is 13.1 Å². The van der Waals surface area contributed by atoms with Gasteiger partial charge in [-0.1, -0.05) is 12.1 Å². The lowest BCUT2D eigenvalue weighted by molar-refractivity contribution is -0.124. The third-order valence-corrected chi connectivity index (χ3v) is 1.76. The molecule has 16 heavy (non-hydrogen) atoms. The van der Waals surface area contributed by atoms with Crippen LogP contribution in [-0.2, 0) is 0 Å². The summed E-state index contributed by atoms with van der Waals surface area (Å²) in [5, 5.41) is 1.95. The highest BCUT2D eigenvalue weighted by molar-refractivity contribution is 5.97. The Balaban J connectivity index is 2.47.